The van der Waals surface area contributed by atoms with Gasteiger partial charge in [0.15, 0.2) is 0 Å². The molecule has 2 aliphatic rings. The highest BCUT2D eigenvalue weighted by molar-refractivity contribution is 5.88. The summed E-state index contributed by atoms with van der Waals surface area (Å²) in [4.78, 5) is 82.8. The van der Waals surface area contributed by atoms with Gasteiger partial charge < -0.3 is 30.0 Å². The lowest BCUT2D eigenvalue weighted by Crippen LogP contribution is -2.43. The predicted molar refractivity (Wildman–Crippen MR) is 220 cm³/mol. The van der Waals surface area contributed by atoms with Gasteiger partial charge in [-0.05, 0) is 61.1 Å². The lowest BCUT2D eigenvalue weighted by Gasteiger charge is -2.32. The summed E-state index contributed by atoms with van der Waals surface area (Å²) in [7, 11) is 2.82. The molecule has 60 heavy (non-hydrogen) atoms. The van der Waals surface area contributed by atoms with Gasteiger partial charge in [0.1, 0.15) is 23.7 Å². The van der Waals surface area contributed by atoms with E-state index < -0.39 is 24.3 Å². The van der Waals surface area contributed by atoms with Crippen LogP contribution in [0.1, 0.15) is 72.6 Å². The number of carbonyl (C=O) groups is 4. The van der Waals surface area contributed by atoms with Crippen LogP contribution in [0, 0.1) is 0 Å². The number of nitrogens with zero attached hydrogens (tertiary/aromatic N) is 8. The van der Waals surface area contributed by atoms with E-state index in [9.17, 15) is 29.4 Å². The Kier molecular flexibility index (Phi) is 11.1. The van der Waals surface area contributed by atoms with Gasteiger partial charge in [-0.2, -0.15) is 0 Å². The minimum atomic E-state index is -1.19. The van der Waals surface area contributed by atoms with Crippen LogP contribution in [-0.2, 0) is 9.59 Å². The molecular formula is C44H44N10O6. The second-order valence-corrected chi connectivity index (χ2v) is 15.0. The zero-order valence-corrected chi connectivity index (χ0v) is 33.0. The van der Waals surface area contributed by atoms with Gasteiger partial charge in [-0.3, -0.25) is 29.4 Å². The van der Waals surface area contributed by atoms with Crippen LogP contribution in [0.5, 0.6) is 0 Å². The van der Waals surface area contributed by atoms with E-state index >= 15 is 0 Å². The summed E-state index contributed by atoms with van der Waals surface area (Å²) in [6, 6.07) is 22.8. The molecule has 6 aromatic rings. The van der Waals surface area contributed by atoms with E-state index in [-0.39, 0.29) is 23.9 Å². The molecule has 8 rings (SSSR count). The number of pyridine rings is 2. The summed E-state index contributed by atoms with van der Waals surface area (Å²) in [5.41, 5.74) is 5.60. The van der Waals surface area contributed by atoms with Gasteiger partial charge in [0.25, 0.3) is 11.8 Å². The molecule has 16 nitrogen and oxygen atoms in total. The van der Waals surface area contributed by atoms with Crippen molar-refractivity contribution < 1.29 is 29.4 Å². The van der Waals surface area contributed by atoms with E-state index in [1.807, 2.05) is 36.4 Å². The maximum atomic E-state index is 13.9. The van der Waals surface area contributed by atoms with Crippen molar-refractivity contribution in [2.45, 2.75) is 49.9 Å². The Morgan fingerprint density at radius 3 is 1.33 bits per heavy atom. The molecule has 6 heterocycles. The zero-order chi connectivity index (χ0) is 41.9. The highest BCUT2D eigenvalue weighted by Crippen LogP contribution is 2.37. The Morgan fingerprint density at radius 1 is 0.583 bits per heavy atom. The van der Waals surface area contributed by atoms with E-state index in [1.54, 1.807) is 83.1 Å². The molecule has 16 heteroatoms. The van der Waals surface area contributed by atoms with Crippen LogP contribution >= 0.6 is 0 Å². The minimum absolute atomic E-state index is 0.295. The van der Waals surface area contributed by atoms with Gasteiger partial charge in [0.2, 0.25) is 0 Å². The number of benzene rings is 2. The normalized spacial score (nSPS) is 17.3. The summed E-state index contributed by atoms with van der Waals surface area (Å²) in [6.45, 7) is 0.980. The maximum Gasteiger partial charge on any atom is 0.407 e. The molecule has 0 saturated carbocycles. The molecule has 0 radical (unpaired) electrons. The number of amides is 4. The Labute approximate surface area is 345 Å². The van der Waals surface area contributed by atoms with Crippen LogP contribution < -0.4 is 0 Å². The number of imidazole rings is 2. The summed E-state index contributed by atoms with van der Waals surface area (Å²) < 4.78 is 0. The van der Waals surface area contributed by atoms with Gasteiger partial charge in [0, 0.05) is 50.7 Å². The summed E-state index contributed by atoms with van der Waals surface area (Å²) >= 11 is 0. The van der Waals surface area contributed by atoms with Crippen molar-refractivity contribution in [1.82, 2.24) is 49.5 Å². The highest BCUT2D eigenvalue weighted by Gasteiger charge is 2.40. The van der Waals surface area contributed by atoms with Crippen molar-refractivity contribution in [1.29, 1.82) is 0 Å². The fourth-order valence-electron chi connectivity index (χ4n) is 8.21. The molecule has 2 aromatic carbocycles. The number of likely N-dealkylation sites (tertiary alicyclic amines) is 2. The number of aromatic amines is 2. The van der Waals surface area contributed by atoms with Crippen molar-refractivity contribution in [2.75, 3.05) is 27.2 Å². The van der Waals surface area contributed by atoms with Crippen molar-refractivity contribution in [3.63, 3.8) is 0 Å². The SMILES string of the molecule is CN(C(=O)O)[C@@H](C(=O)N1CCC[C@H]1c1ncc(-c2ccc(-c3ccc(-c4cnc([C@@H]5CCCN5C(=O)[C@@H](c5ccccc5)N(C)C(=O)O)[nH]4)cn3)nc2)[nH]1)c1ccccc1. The third kappa shape index (κ3) is 7.78. The van der Waals surface area contributed by atoms with Crippen LogP contribution in [0.15, 0.2) is 110 Å². The van der Waals surface area contributed by atoms with Gasteiger partial charge in [-0.1, -0.05) is 60.7 Å². The molecule has 2 fully saturated rings. The lowest BCUT2D eigenvalue weighted by molar-refractivity contribution is -0.138. The van der Waals surface area contributed by atoms with Crippen molar-refractivity contribution in [3.8, 4) is 33.9 Å². The number of H-pyrrole nitrogens is 2. The Morgan fingerprint density at radius 2 is 0.983 bits per heavy atom. The molecule has 2 aliphatic heterocycles. The summed E-state index contributed by atoms with van der Waals surface area (Å²) in [5, 5.41) is 19.6. The number of nitrogens with one attached hydrogen (secondary N) is 2. The molecule has 4 atom stereocenters. The number of aromatic nitrogens is 6. The smallest absolute Gasteiger partial charge is 0.407 e. The first-order chi connectivity index (χ1) is 29.1. The van der Waals surface area contributed by atoms with E-state index in [1.165, 1.54) is 14.1 Å². The van der Waals surface area contributed by atoms with Crippen molar-refractivity contribution in [3.05, 3.63) is 132 Å². The van der Waals surface area contributed by atoms with Crippen LogP contribution in [0.3, 0.4) is 0 Å². The van der Waals surface area contributed by atoms with E-state index in [0.29, 0.717) is 60.1 Å². The summed E-state index contributed by atoms with van der Waals surface area (Å²) in [5.74, 6) is 0.657. The van der Waals surface area contributed by atoms with Gasteiger partial charge in [0.05, 0.1) is 47.3 Å². The number of rotatable bonds is 11. The number of hydrogen-bond acceptors (Lipinski definition) is 8. The molecule has 0 bridgehead atoms. The third-order valence-corrected chi connectivity index (χ3v) is 11.4. The quantitative estimate of drug-likeness (QED) is 0.106. The van der Waals surface area contributed by atoms with E-state index in [0.717, 1.165) is 45.2 Å². The van der Waals surface area contributed by atoms with Crippen LogP contribution in [-0.4, -0.2) is 111 Å². The fraction of sp³-hybridized carbons (Fsp3) is 0.273. The number of hydrogen-bond donors (Lipinski definition) is 4. The fourth-order valence-corrected chi connectivity index (χ4v) is 8.21. The molecule has 2 saturated heterocycles. The average molecular weight is 809 g/mol. The van der Waals surface area contributed by atoms with Crippen molar-refractivity contribution >= 4 is 24.0 Å². The third-order valence-electron chi connectivity index (χ3n) is 11.4. The van der Waals surface area contributed by atoms with Crippen LogP contribution in [0.4, 0.5) is 9.59 Å². The van der Waals surface area contributed by atoms with E-state index in [4.69, 9.17) is 0 Å². The lowest BCUT2D eigenvalue weighted by atomic mass is 10.0. The average Bonchev–Trinajstić information content (AvgIpc) is 4.12. The number of carboxylic acid groups (broad SMARTS) is 2. The highest BCUT2D eigenvalue weighted by atomic mass is 16.4. The molecule has 0 spiro atoms. The first-order valence-electron chi connectivity index (χ1n) is 19.7. The second kappa shape index (κ2) is 16.9. The molecule has 4 amide bonds. The van der Waals surface area contributed by atoms with Crippen LogP contribution in [0.25, 0.3) is 33.9 Å². The Hall–Kier alpha value is -7.36. The molecule has 4 aromatic heterocycles. The standard InChI is InChI=1S/C44H44N10O6/c1-51(43(57)58)37(27-11-5-3-6-12-27)41(55)53-21-9-15-35(53)39-47-25-33(49-39)29-17-19-31(45-23-29)32-20-18-30(24-46-32)34-26-48-40(50-34)36-16-10-22-54(36)42(56)38(52(2)44(59)60)28-13-7-4-8-14-28/h3-8,11-14,17-20,23-26,35-38H,9-10,15-16,21-22H2,1-2H3,(H,47,49)(H,48,50)(H,57,58)(H,59,60)/t35-,36-,37+,38+/m0/s1. The Bertz CT molecular complexity index is 2300. The predicted octanol–water partition coefficient (Wildman–Crippen LogP) is 6.95. The monoisotopic (exact) mass is 808 g/mol. The molecule has 0 unspecified atom stereocenters. The first kappa shape index (κ1) is 39.5. The number of carbonyl (C=O) groups excluding carboxylic acids is 2. The minimum Gasteiger partial charge on any atom is -0.465 e. The summed E-state index contributed by atoms with van der Waals surface area (Å²) in [6.07, 6.45) is 7.43. The van der Waals surface area contributed by atoms with E-state index in [2.05, 4.69) is 29.9 Å². The van der Waals surface area contributed by atoms with Gasteiger partial charge in [-0.25, -0.2) is 19.6 Å². The van der Waals surface area contributed by atoms with Gasteiger partial charge in [-0.15, -0.1) is 0 Å². The largest absolute Gasteiger partial charge is 0.465 e. The van der Waals surface area contributed by atoms with Crippen molar-refractivity contribution in [2.24, 2.45) is 0 Å². The molecular weight excluding hydrogens is 765 g/mol. The van der Waals surface area contributed by atoms with Crippen LogP contribution in [0.2, 0.25) is 0 Å². The zero-order valence-electron chi connectivity index (χ0n) is 33.0. The second-order valence-electron chi connectivity index (χ2n) is 15.0. The molecule has 0 aliphatic carbocycles. The maximum absolute atomic E-state index is 13.9. The number of likely N-dealkylation sites (N-methyl/N-ethyl adjacent to an activating group) is 2. The first-order valence-corrected chi connectivity index (χ1v) is 19.7. The molecule has 306 valence electrons. The topological polar surface area (TPSA) is 205 Å². The molecule has 4 N–H and O–H groups in total. The Balaban J connectivity index is 0.938. The van der Waals surface area contributed by atoms with Gasteiger partial charge >= 0.3 is 12.2 Å².